The fourth-order valence-corrected chi connectivity index (χ4v) is 4.78. The van der Waals surface area contributed by atoms with Gasteiger partial charge in [-0.2, -0.15) is 5.10 Å². The van der Waals surface area contributed by atoms with E-state index in [4.69, 9.17) is 22.3 Å². The van der Waals surface area contributed by atoms with Crippen LogP contribution in [0.5, 0.6) is 0 Å². The molecule has 5 rings (SSSR count). The molecule has 168 valence electrons. The van der Waals surface area contributed by atoms with Crippen molar-refractivity contribution in [3.8, 4) is 11.8 Å². The van der Waals surface area contributed by atoms with E-state index in [-0.39, 0.29) is 11.6 Å². The van der Waals surface area contributed by atoms with Gasteiger partial charge in [0.05, 0.1) is 19.3 Å². The van der Waals surface area contributed by atoms with E-state index >= 15 is 0 Å². The number of anilines is 1. The third-order valence-electron chi connectivity index (χ3n) is 6.17. The van der Waals surface area contributed by atoms with Crippen molar-refractivity contribution in [2.45, 2.75) is 38.9 Å². The summed E-state index contributed by atoms with van der Waals surface area (Å²) in [6, 6.07) is 11.8. The van der Waals surface area contributed by atoms with E-state index in [0.717, 1.165) is 41.7 Å². The molecular formula is C25H25ClN6O. The predicted molar refractivity (Wildman–Crippen MR) is 133 cm³/mol. The third kappa shape index (κ3) is 3.97. The molecule has 0 radical (unpaired) electrons. The van der Waals surface area contributed by atoms with Gasteiger partial charge in [0.25, 0.3) is 5.56 Å². The second-order valence-electron chi connectivity index (χ2n) is 8.37. The standard InChI is InChI=1S/C25H25ClN6O/c1-2-3-13-31-23-22(29-25(31)30-12-6-7-18(27)16-30)14-28-32(24(23)33)15-17-10-11-21(26)20-9-5-4-8-19(17)20/h4-5,8-11,14,18H,6-7,12-13,15-16,27H2,1H3/t18-/m1/s1. The second-order valence-corrected chi connectivity index (χ2v) is 8.77. The lowest BCUT2D eigenvalue weighted by molar-refractivity contribution is 0.496. The molecule has 7 nitrogen and oxygen atoms in total. The number of aromatic nitrogens is 4. The van der Waals surface area contributed by atoms with Crippen LogP contribution in [-0.4, -0.2) is 38.5 Å². The van der Waals surface area contributed by atoms with Crippen LogP contribution in [0.4, 0.5) is 5.95 Å². The lowest BCUT2D eigenvalue weighted by atomic mass is 10.0. The Labute approximate surface area is 196 Å². The quantitative estimate of drug-likeness (QED) is 0.472. The molecule has 8 heteroatoms. The van der Waals surface area contributed by atoms with E-state index in [9.17, 15) is 4.79 Å². The third-order valence-corrected chi connectivity index (χ3v) is 6.50. The molecule has 0 unspecified atom stereocenters. The molecule has 1 aliphatic heterocycles. The van der Waals surface area contributed by atoms with Crippen LogP contribution in [0.15, 0.2) is 47.4 Å². The largest absolute Gasteiger partial charge is 0.341 e. The van der Waals surface area contributed by atoms with Crippen molar-refractivity contribution >= 4 is 39.4 Å². The smallest absolute Gasteiger partial charge is 0.293 e. The zero-order valence-electron chi connectivity index (χ0n) is 18.5. The van der Waals surface area contributed by atoms with E-state index in [1.165, 1.54) is 4.68 Å². The van der Waals surface area contributed by atoms with Crippen molar-refractivity contribution in [2.75, 3.05) is 18.0 Å². The Hall–Kier alpha value is -3.34. The molecule has 3 heterocycles. The van der Waals surface area contributed by atoms with E-state index in [2.05, 4.69) is 21.8 Å². The summed E-state index contributed by atoms with van der Waals surface area (Å²) in [4.78, 5) is 20.5. The van der Waals surface area contributed by atoms with Gasteiger partial charge in [0, 0.05) is 29.5 Å². The Kier molecular flexibility index (Phi) is 5.79. The van der Waals surface area contributed by atoms with Gasteiger partial charge in [0.2, 0.25) is 5.95 Å². The minimum Gasteiger partial charge on any atom is -0.341 e. The maximum atomic E-state index is 13.6. The van der Waals surface area contributed by atoms with Gasteiger partial charge in [0.1, 0.15) is 11.0 Å². The molecule has 4 aromatic rings. The zero-order chi connectivity index (χ0) is 22.9. The van der Waals surface area contributed by atoms with Crippen LogP contribution in [0.25, 0.3) is 21.8 Å². The Morgan fingerprint density at radius 3 is 2.82 bits per heavy atom. The second kappa shape index (κ2) is 8.89. The highest BCUT2D eigenvalue weighted by Crippen LogP contribution is 2.27. The maximum absolute atomic E-state index is 13.6. The number of benzene rings is 2. The van der Waals surface area contributed by atoms with Crippen LogP contribution in [0.1, 0.15) is 25.3 Å². The molecule has 1 aliphatic rings. The van der Waals surface area contributed by atoms with Gasteiger partial charge in [-0.25, -0.2) is 9.67 Å². The maximum Gasteiger partial charge on any atom is 0.293 e. The first kappa shape index (κ1) is 21.5. The highest BCUT2D eigenvalue weighted by Gasteiger charge is 2.24. The molecule has 1 saturated heterocycles. The van der Waals surface area contributed by atoms with Crippen molar-refractivity contribution in [3.63, 3.8) is 0 Å². The molecule has 0 saturated carbocycles. The summed E-state index contributed by atoms with van der Waals surface area (Å²) in [6.45, 7) is 4.08. The average molecular weight is 461 g/mol. The number of rotatable bonds is 4. The number of nitrogens with two attached hydrogens (primary N) is 1. The Bertz CT molecular complexity index is 1460. The summed E-state index contributed by atoms with van der Waals surface area (Å²) < 4.78 is 3.39. The molecule has 0 bridgehead atoms. The van der Waals surface area contributed by atoms with Gasteiger partial charge in [0.15, 0.2) is 0 Å². The number of hydrogen-bond acceptors (Lipinski definition) is 5. The zero-order valence-corrected chi connectivity index (χ0v) is 19.2. The highest BCUT2D eigenvalue weighted by molar-refractivity contribution is 6.35. The summed E-state index contributed by atoms with van der Waals surface area (Å²) in [5, 5.41) is 7.09. The monoisotopic (exact) mass is 460 g/mol. The van der Waals surface area contributed by atoms with E-state index in [0.29, 0.717) is 35.7 Å². The number of imidazole rings is 1. The first-order valence-electron chi connectivity index (χ1n) is 11.1. The lowest BCUT2D eigenvalue weighted by Crippen LogP contribution is -2.44. The summed E-state index contributed by atoms with van der Waals surface area (Å²) in [6.07, 6.45) is 3.66. The summed E-state index contributed by atoms with van der Waals surface area (Å²) >= 11 is 6.38. The molecule has 0 amide bonds. The fraction of sp³-hybridized carbons (Fsp3) is 0.320. The number of fused-ring (bicyclic) bond motifs is 2. The van der Waals surface area contributed by atoms with Crippen molar-refractivity contribution < 1.29 is 0 Å². The molecule has 2 N–H and O–H groups in total. The average Bonchev–Trinajstić information content (AvgIpc) is 3.20. The van der Waals surface area contributed by atoms with Crippen LogP contribution in [0.2, 0.25) is 5.02 Å². The Morgan fingerprint density at radius 2 is 2.03 bits per heavy atom. The predicted octanol–water partition coefficient (Wildman–Crippen LogP) is 3.40. The number of nitrogens with zero attached hydrogens (tertiary/aromatic N) is 5. The summed E-state index contributed by atoms with van der Waals surface area (Å²) in [5.74, 6) is 6.76. The van der Waals surface area contributed by atoms with Gasteiger partial charge in [-0.1, -0.05) is 47.9 Å². The van der Waals surface area contributed by atoms with Crippen molar-refractivity contribution in [2.24, 2.45) is 5.73 Å². The highest BCUT2D eigenvalue weighted by atomic mass is 35.5. The molecule has 0 spiro atoms. The van der Waals surface area contributed by atoms with Crippen LogP contribution < -0.4 is 16.2 Å². The molecule has 2 aromatic heterocycles. The molecule has 33 heavy (non-hydrogen) atoms. The SMILES string of the molecule is CC#CCn1c(N2CCC[C@@H](N)C2)nc2cnn(Cc3ccc(Cl)c4ccccc34)c(=O)c21. The summed E-state index contributed by atoms with van der Waals surface area (Å²) in [7, 11) is 0. The van der Waals surface area contributed by atoms with E-state index in [1.807, 2.05) is 41.0 Å². The minimum atomic E-state index is -0.190. The summed E-state index contributed by atoms with van der Waals surface area (Å²) in [5.41, 5.74) is 8.08. The molecular weight excluding hydrogens is 436 g/mol. The van der Waals surface area contributed by atoms with Crippen LogP contribution in [0.3, 0.4) is 0 Å². The normalized spacial score (nSPS) is 16.2. The molecule has 1 atom stereocenters. The first-order chi connectivity index (χ1) is 16.1. The van der Waals surface area contributed by atoms with E-state index < -0.39 is 0 Å². The van der Waals surface area contributed by atoms with Gasteiger partial charge in [-0.15, -0.1) is 5.92 Å². The van der Waals surface area contributed by atoms with Crippen LogP contribution in [0, 0.1) is 11.8 Å². The number of piperidine rings is 1. The topological polar surface area (TPSA) is 82.0 Å². The lowest BCUT2D eigenvalue weighted by Gasteiger charge is -2.31. The van der Waals surface area contributed by atoms with Crippen molar-refractivity contribution in [1.29, 1.82) is 0 Å². The molecule has 2 aromatic carbocycles. The molecule has 0 aliphatic carbocycles. The van der Waals surface area contributed by atoms with Gasteiger partial charge >= 0.3 is 0 Å². The molecule has 1 fully saturated rings. The minimum absolute atomic E-state index is 0.0947. The fourth-order valence-electron chi connectivity index (χ4n) is 4.55. The van der Waals surface area contributed by atoms with Crippen molar-refractivity contribution in [1.82, 2.24) is 19.3 Å². The van der Waals surface area contributed by atoms with Gasteiger partial charge < -0.3 is 10.6 Å². The Balaban J connectivity index is 1.62. The van der Waals surface area contributed by atoms with Gasteiger partial charge in [-0.3, -0.25) is 9.36 Å². The van der Waals surface area contributed by atoms with Crippen LogP contribution in [-0.2, 0) is 13.1 Å². The van der Waals surface area contributed by atoms with Crippen molar-refractivity contribution in [3.05, 3.63) is 63.5 Å². The Morgan fingerprint density at radius 1 is 1.21 bits per heavy atom. The van der Waals surface area contributed by atoms with Gasteiger partial charge in [-0.05, 0) is 36.8 Å². The first-order valence-corrected chi connectivity index (χ1v) is 11.5. The number of halogens is 1. The van der Waals surface area contributed by atoms with E-state index in [1.54, 1.807) is 13.1 Å². The number of hydrogen-bond donors (Lipinski definition) is 1. The van der Waals surface area contributed by atoms with Crippen LogP contribution >= 0.6 is 11.6 Å².